The summed E-state index contributed by atoms with van der Waals surface area (Å²) >= 11 is 9.70. The Bertz CT molecular complexity index is 762. The second kappa shape index (κ2) is 7.95. The van der Waals surface area contributed by atoms with E-state index in [-0.39, 0.29) is 0 Å². The van der Waals surface area contributed by atoms with Crippen molar-refractivity contribution in [1.82, 2.24) is 0 Å². The minimum absolute atomic E-state index is 0.863. The van der Waals surface area contributed by atoms with E-state index >= 15 is 0 Å². The Morgan fingerprint density at radius 1 is 0.565 bits per heavy atom. The van der Waals surface area contributed by atoms with Gasteiger partial charge >= 0.3 is 0 Å². The molecule has 0 unspecified atom stereocenters. The lowest BCUT2D eigenvalue weighted by molar-refractivity contribution is 1.40. The fraction of sp³-hybridized carbons (Fsp3) is 0.100. The Kier molecular flexibility index (Phi) is 5.94. The van der Waals surface area contributed by atoms with E-state index in [4.69, 9.17) is 0 Å². The molecule has 0 saturated carbocycles. The van der Waals surface area contributed by atoms with Gasteiger partial charge in [-0.25, -0.2) is 0 Å². The van der Waals surface area contributed by atoms with Crippen LogP contribution in [0.2, 0.25) is 0 Å². The second-order valence-electron chi connectivity index (χ2n) is 5.25. The summed E-state index contributed by atoms with van der Waals surface area (Å²) < 4.78 is 1.30. The molecule has 0 aromatic heterocycles. The van der Waals surface area contributed by atoms with E-state index in [2.05, 4.69) is 121 Å². The van der Waals surface area contributed by atoms with Crippen LogP contribution in [0.25, 0.3) is 22.3 Å². The fourth-order valence-electron chi connectivity index (χ4n) is 2.75. The minimum Gasteiger partial charge on any atom is -0.0876 e. The number of rotatable bonds is 4. The van der Waals surface area contributed by atoms with Crippen LogP contribution in [0.4, 0.5) is 0 Å². The van der Waals surface area contributed by atoms with Gasteiger partial charge in [0.25, 0.3) is 0 Å². The summed E-state index contributed by atoms with van der Waals surface area (Å²) in [5, 5.41) is 1.73. The van der Waals surface area contributed by atoms with Crippen molar-refractivity contribution in [1.29, 1.82) is 0 Å². The molecule has 0 aliphatic rings. The maximum absolute atomic E-state index is 3.61. The summed E-state index contributed by atoms with van der Waals surface area (Å²) in [5.41, 5.74) is 7.82. The van der Waals surface area contributed by atoms with Crippen LogP contribution in [-0.4, -0.2) is 0 Å². The summed E-state index contributed by atoms with van der Waals surface area (Å²) in [7, 11) is 0. The van der Waals surface area contributed by atoms with E-state index < -0.39 is 0 Å². The summed E-state index contributed by atoms with van der Waals surface area (Å²) in [4.78, 5) is 0. The fourth-order valence-corrected chi connectivity index (χ4v) is 4.67. The van der Waals surface area contributed by atoms with Gasteiger partial charge < -0.3 is 0 Å². The number of benzene rings is 3. The molecule has 0 heterocycles. The lowest BCUT2D eigenvalue weighted by atomic mass is 9.95. The molecule has 0 N–H and O–H groups in total. The van der Waals surface area contributed by atoms with Crippen molar-refractivity contribution in [2.75, 3.05) is 0 Å². The average Bonchev–Trinajstić information content (AvgIpc) is 2.62. The Labute approximate surface area is 167 Å². The highest BCUT2D eigenvalue weighted by Crippen LogP contribution is 2.37. The molecule has 3 aromatic carbocycles. The van der Waals surface area contributed by atoms with Crippen LogP contribution in [0.15, 0.2) is 66.7 Å². The van der Waals surface area contributed by atoms with Crippen LogP contribution in [0.1, 0.15) is 11.1 Å². The lowest BCUT2D eigenvalue weighted by Gasteiger charge is -2.15. The van der Waals surface area contributed by atoms with Crippen LogP contribution in [-0.2, 0) is 10.7 Å². The SMILES string of the molecule is BrCc1ccccc1-c1cccc(-c2ccccc2CBr)c1I. The molecule has 0 fully saturated rings. The van der Waals surface area contributed by atoms with E-state index in [1.54, 1.807) is 0 Å². The molecule has 3 aromatic rings. The number of alkyl halides is 2. The zero-order valence-electron chi connectivity index (χ0n) is 12.4. The van der Waals surface area contributed by atoms with Crippen molar-refractivity contribution in [2.24, 2.45) is 0 Å². The summed E-state index contributed by atoms with van der Waals surface area (Å²) in [6, 6.07) is 23.7. The first kappa shape index (κ1) is 17.2. The molecular weight excluding hydrogens is 527 g/mol. The van der Waals surface area contributed by atoms with Gasteiger partial charge in [-0.2, -0.15) is 0 Å². The van der Waals surface area contributed by atoms with E-state index in [0.29, 0.717) is 0 Å². The summed E-state index contributed by atoms with van der Waals surface area (Å²) in [6.07, 6.45) is 0. The lowest BCUT2D eigenvalue weighted by Crippen LogP contribution is -1.93. The molecule has 0 saturated heterocycles. The average molecular weight is 542 g/mol. The van der Waals surface area contributed by atoms with Crippen molar-refractivity contribution in [3.05, 3.63) is 81.4 Å². The van der Waals surface area contributed by atoms with Gasteiger partial charge in [0, 0.05) is 14.2 Å². The van der Waals surface area contributed by atoms with Gasteiger partial charge in [-0.15, -0.1) is 0 Å². The predicted octanol–water partition coefficient (Wildman–Crippen LogP) is 7.42. The molecule has 0 aliphatic heterocycles. The molecule has 23 heavy (non-hydrogen) atoms. The van der Waals surface area contributed by atoms with E-state index in [0.717, 1.165) is 10.7 Å². The topological polar surface area (TPSA) is 0 Å². The van der Waals surface area contributed by atoms with Gasteiger partial charge in [0.05, 0.1) is 0 Å². The molecule has 0 amide bonds. The van der Waals surface area contributed by atoms with Crippen LogP contribution < -0.4 is 0 Å². The van der Waals surface area contributed by atoms with Crippen molar-refractivity contribution in [3.63, 3.8) is 0 Å². The zero-order chi connectivity index (χ0) is 16.2. The van der Waals surface area contributed by atoms with Crippen molar-refractivity contribution < 1.29 is 0 Å². The van der Waals surface area contributed by atoms with Gasteiger partial charge in [-0.05, 0) is 56.0 Å². The van der Waals surface area contributed by atoms with E-state index in [1.807, 2.05) is 0 Å². The van der Waals surface area contributed by atoms with Crippen LogP contribution in [0.5, 0.6) is 0 Å². The van der Waals surface area contributed by atoms with E-state index in [1.165, 1.54) is 37.0 Å². The maximum atomic E-state index is 3.61. The highest BCUT2D eigenvalue weighted by molar-refractivity contribution is 14.1. The third kappa shape index (κ3) is 3.57. The third-order valence-corrected chi connectivity index (χ3v) is 6.27. The first-order valence-corrected chi connectivity index (χ1v) is 10.7. The molecule has 3 rings (SSSR count). The highest BCUT2D eigenvalue weighted by Gasteiger charge is 2.13. The summed E-state index contributed by atoms with van der Waals surface area (Å²) in [5.74, 6) is 0. The molecule has 3 heteroatoms. The summed E-state index contributed by atoms with van der Waals surface area (Å²) in [6.45, 7) is 0. The van der Waals surface area contributed by atoms with Crippen molar-refractivity contribution in [2.45, 2.75) is 10.7 Å². The zero-order valence-corrected chi connectivity index (χ0v) is 17.7. The quantitative estimate of drug-likeness (QED) is 0.238. The predicted molar refractivity (Wildman–Crippen MR) is 115 cm³/mol. The highest BCUT2D eigenvalue weighted by atomic mass is 127. The van der Waals surface area contributed by atoms with E-state index in [9.17, 15) is 0 Å². The van der Waals surface area contributed by atoms with Crippen molar-refractivity contribution in [3.8, 4) is 22.3 Å². The molecule has 0 spiro atoms. The smallest absolute Gasteiger partial charge is 0.0289 e. The Morgan fingerprint density at radius 2 is 0.957 bits per heavy atom. The maximum Gasteiger partial charge on any atom is 0.0289 e. The van der Waals surface area contributed by atoms with Crippen LogP contribution in [0.3, 0.4) is 0 Å². The third-order valence-electron chi connectivity index (χ3n) is 3.90. The molecule has 0 aliphatic carbocycles. The molecule has 0 radical (unpaired) electrons. The molecule has 0 nitrogen and oxygen atoms in total. The van der Waals surface area contributed by atoms with Gasteiger partial charge in [-0.1, -0.05) is 98.6 Å². The van der Waals surface area contributed by atoms with Gasteiger partial charge in [0.15, 0.2) is 0 Å². The van der Waals surface area contributed by atoms with Gasteiger partial charge in [0.1, 0.15) is 0 Å². The molecule has 0 bridgehead atoms. The molecule has 116 valence electrons. The Hall–Kier alpha value is -0.650. The van der Waals surface area contributed by atoms with Crippen molar-refractivity contribution >= 4 is 54.5 Å². The number of halogens is 3. The first-order valence-electron chi connectivity index (χ1n) is 7.33. The normalized spacial score (nSPS) is 10.7. The number of hydrogen-bond acceptors (Lipinski definition) is 0. The van der Waals surface area contributed by atoms with Gasteiger partial charge in [0.2, 0.25) is 0 Å². The Morgan fingerprint density at radius 3 is 1.39 bits per heavy atom. The van der Waals surface area contributed by atoms with Crippen LogP contribution in [0, 0.1) is 3.57 Å². The van der Waals surface area contributed by atoms with Crippen LogP contribution >= 0.6 is 54.5 Å². The first-order chi connectivity index (χ1) is 11.3. The molecule has 0 atom stereocenters. The molecular formula is C20H15Br2I. The number of hydrogen-bond donors (Lipinski definition) is 0. The minimum atomic E-state index is 0.863. The monoisotopic (exact) mass is 540 g/mol. The Balaban J connectivity index is 2.20. The van der Waals surface area contributed by atoms with Gasteiger partial charge in [-0.3, -0.25) is 0 Å². The standard InChI is InChI=1S/C20H15Br2I/c21-12-14-6-1-3-8-16(14)18-10-5-11-19(20(18)23)17-9-4-2-7-15(17)13-22/h1-11H,12-13H2. The largest absolute Gasteiger partial charge is 0.0876 e. The second-order valence-corrected chi connectivity index (χ2v) is 7.45.